The molecule has 0 fully saturated rings. The lowest BCUT2D eigenvalue weighted by atomic mass is 10.00. The Bertz CT molecular complexity index is 820. The van der Waals surface area contributed by atoms with Crippen molar-refractivity contribution in [3.05, 3.63) is 48.0 Å². The Morgan fingerprint density at radius 3 is 2.57 bits per heavy atom. The fourth-order valence-corrected chi connectivity index (χ4v) is 2.92. The lowest BCUT2D eigenvalue weighted by Crippen LogP contribution is -2.37. The van der Waals surface area contributed by atoms with Gasteiger partial charge < -0.3 is 15.5 Å². The van der Waals surface area contributed by atoms with Crippen molar-refractivity contribution in [1.82, 2.24) is 5.32 Å². The Morgan fingerprint density at radius 1 is 1.11 bits per heavy atom. The average Bonchev–Trinajstić information content (AvgIpc) is 2.69. The second-order valence-corrected chi connectivity index (χ2v) is 6.79. The minimum absolute atomic E-state index is 0.0203. The summed E-state index contributed by atoms with van der Waals surface area (Å²) in [5.41, 5.74) is 2.91. The zero-order valence-corrected chi connectivity index (χ0v) is 16.4. The summed E-state index contributed by atoms with van der Waals surface area (Å²) in [6.07, 6.45) is 3.53. The highest BCUT2D eigenvalue weighted by atomic mass is 16.4. The molecular formula is C22H28N2O4. The largest absolute Gasteiger partial charge is 0.507 e. The van der Waals surface area contributed by atoms with Gasteiger partial charge in [0.05, 0.1) is 0 Å². The van der Waals surface area contributed by atoms with Crippen LogP contribution in [0.1, 0.15) is 38.2 Å². The first kappa shape index (κ1) is 21.3. The third-order valence-corrected chi connectivity index (χ3v) is 4.60. The number of carbonyl (C=O) groups is 2. The van der Waals surface area contributed by atoms with E-state index in [1.807, 2.05) is 30.3 Å². The first-order valence-corrected chi connectivity index (χ1v) is 9.58. The first-order chi connectivity index (χ1) is 13.4. The summed E-state index contributed by atoms with van der Waals surface area (Å²) < 4.78 is 0. The highest BCUT2D eigenvalue weighted by Gasteiger charge is 2.12. The summed E-state index contributed by atoms with van der Waals surface area (Å²) in [5.74, 6) is -0.779. The Labute approximate surface area is 165 Å². The van der Waals surface area contributed by atoms with Crippen LogP contribution in [-0.4, -0.2) is 35.8 Å². The number of hydrogen-bond acceptors (Lipinski definition) is 3. The number of aliphatic carboxylic acids is 1. The first-order valence-electron chi connectivity index (χ1n) is 9.58. The number of carboxylic acids is 1. The number of rotatable bonds is 9. The molecule has 0 radical (unpaired) electrons. The summed E-state index contributed by atoms with van der Waals surface area (Å²) in [5, 5.41) is 22.1. The Hall–Kier alpha value is -3.02. The molecular weight excluding hydrogens is 356 g/mol. The number of nitrogens with one attached hydrogen (secondary N) is 1. The van der Waals surface area contributed by atoms with Crippen molar-refractivity contribution in [1.29, 1.82) is 0 Å². The summed E-state index contributed by atoms with van der Waals surface area (Å²) in [7, 11) is 1.71. The number of amides is 2. The Balaban J connectivity index is 2.11. The number of hydrogen-bond donors (Lipinski definition) is 3. The number of unbranched alkanes of at least 4 members (excludes halogenated alkanes) is 2. The van der Waals surface area contributed by atoms with E-state index in [0.29, 0.717) is 18.5 Å². The Kier molecular flexibility index (Phi) is 7.87. The van der Waals surface area contributed by atoms with Gasteiger partial charge in [-0.25, -0.2) is 4.79 Å². The van der Waals surface area contributed by atoms with E-state index in [1.165, 1.54) is 0 Å². The second-order valence-electron chi connectivity index (χ2n) is 6.79. The highest BCUT2D eigenvalue weighted by Crippen LogP contribution is 2.32. The molecule has 0 saturated carbocycles. The molecule has 2 amide bonds. The number of aryl methyl sites for hydroxylation is 1. The molecule has 2 aromatic rings. The molecule has 0 atom stereocenters. The van der Waals surface area contributed by atoms with E-state index in [-0.39, 0.29) is 18.2 Å². The SMILES string of the molecule is CCCCCNC(=O)N(C)c1cccc(-c2ccc(CCC(=O)O)cc2O)c1. The fraction of sp³-hybridized carbons (Fsp3) is 0.364. The molecule has 0 bridgehead atoms. The molecule has 0 heterocycles. The predicted octanol–water partition coefficient (Wildman–Crippen LogP) is 4.41. The second kappa shape index (κ2) is 10.3. The highest BCUT2D eigenvalue weighted by molar-refractivity contribution is 5.92. The van der Waals surface area contributed by atoms with Crippen molar-refractivity contribution in [2.45, 2.75) is 39.0 Å². The van der Waals surface area contributed by atoms with Gasteiger partial charge in [-0.15, -0.1) is 0 Å². The molecule has 0 aliphatic rings. The molecule has 3 N–H and O–H groups in total. The number of benzene rings is 2. The maximum atomic E-state index is 12.3. The van der Waals surface area contributed by atoms with E-state index in [1.54, 1.807) is 24.1 Å². The van der Waals surface area contributed by atoms with Gasteiger partial charge in [0, 0.05) is 31.3 Å². The Morgan fingerprint density at radius 2 is 1.89 bits per heavy atom. The number of aromatic hydroxyl groups is 1. The average molecular weight is 384 g/mol. The minimum atomic E-state index is -0.868. The summed E-state index contributed by atoms with van der Waals surface area (Å²) in [4.78, 5) is 24.6. The zero-order valence-electron chi connectivity index (χ0n) is 16.4. The van der Waals surface area contributed by atoms with Gasteiger partial charge >= 0.3 is 12.0 Å². The van der Waals surface area contributed by atoms with Crippen LogP contribution in [0.15, 0.2) is 42.5 Å². The molecule has 2 aromatic carbocycles. The summed E-state index contributed by atoms with van der Waals surface area (Å²) >= 11 is 0. The van der Waals surface area contributed by atoms with Crippen LogP contribution in [0.25, 0.3) is 11.1 Å². The summed E-state index contributed by atoms with van der Waals surface area (Å²) in [6.45, 7) is 2.77. The number of phenolic OH excluding ortho intramolecular Hbond substituents is 1. The van der Waals surface area contributed by atoms with E-state index in [2.05, 4.69) is 12.2 Å². The molecule has 0 aliphatic carbocycles. The van der Waals surface area contributed by atoms with Gasteiger partial charge in [-0.2, -0.15) is 0 Å². The van der Waals surface area contributed by atoms with E-state index in [4.69, 9.17) is 5.11 Å². The van der Waals surface area contributed by atoms with Gasteiger partial charge in [0.25, 0.3) is 0 Å². The monoisotopic (exact) mass is 384 g/mol. The lowest BCUT2D eigenvalue weighted by molar-refractivity contribution is -0.136. The summed E-state index contributed by atoms with van der Waals surface area (Å²) in [6, 6.07) is 12.4. The fourth-order valence-electron chi connectivity index (χ4n) is 2.92. The number of urea groups is 1. The van der Waals surface area contributed by atoms with Gasteiger partial charge in [0.1, 0.15) is 5.75 Å². The lowest BCUT2D eigenvalue weighted by Gasteiger charge is -2.19. The van der Waals surface area contributed by atoms with Crippen LogP contribution < -0.4 is 10.2 Å². The van der Waals surface area contributed by atoms with Gasteiger partial charge in [0.15, 0.2) is 0 Å². The number of carbonyl (C=O) groups excluding carboxylic acids is 1. The zero-order chi connectivity index (χ0) is 20.5. The maximum absolute atomic E-state index is 12.3. The van der Waals surface area contributed by atoms with Gasteiger partial charge in [-0.05, 0) is 42.2 Å². The van der Waals surface area contributed by atoms with E-state index >= 15 is 0 Å². The van der Waals surface area contributed by atoms with Crippen molar-refractivity contribution < 1.29 is 19.8 Å². The number of nitrogens with zero attached hydrogens (tertiary/aromatic N) is 1. The predicted molar refractivity (Wildman–Crippen MR) is 111 cm³/mol. The maximum Gasteiger partial charge on any atom is 0.321 e. The molecule has 2 rings (SSSR count). The van der Waals surface area contributed by atoms with Crippen molar-refractivity contribution >= 4 is 17.7 Å². The van der Waals surface area contributed by atoms with E-state index in [9.17, 15) is 14.7 Å². The van der Waals surface area contributed by atoms with Crippen LogP contribution >= 0.6 is 0 Å². The van der Waals surface area contributed by atoms with Crippen molar-refractivity contribution in [3.63, 3.8) is 0 Å². The van der Waals surface area contributed by atoms with Gasteiger partial charge in [-0.3, -0.25) is 9.69 Å². The van der Waals surface area contributed by atoms with Crippen molar-refractivity contribution in [2.24, 2.45) is 0 Å². The standard InChI is InChI=1S/C22H28N2O4/c1-3-4-5-13-23-22(28)24(2)18-8-6-7-17(15-18)19-11-9-16(14-20(19)25)10-12-21(26)27/h6-9,11,14-15,25H,3-5,10,12-13H2,1-2H3,(H,23,28)(H,26,27). The van der Waals surface area contributed by atoms with Crippen LogP contribution in [0.3, 0.4) is 0 Å². The topological polar surface area (TPSA) is 89.9 Å². The van der Waals surface area contributed by atoms with Gasteiger partial charge in [-0.1, -0.05) is 44.0 Å². The molecule has 0 saturated heterocycles. The van der Waals surface area contributed by atoms with Crippen LogP contribution in [0.4, 0.5) is 10.5 Å². The molecule has 6 heteroatoms. The van der Waals surface area contributed by atoms with Crippen LogP contribution in [0.5, 0.6) is 5.75 Å². The number of anilines is 1. The third-order valence-electron chi connectivity index (χ3n) is 4.60. The molecule has 0 aromatic heterocycles. The third kappa shape index (κ3) is 6.01. The van der Waals surface area contributed by atoms with Crippen molar-refractivity contribution in [3.8, 4) is 16.9 Å². The van der Waals surface area contributed by atoms with Gasteiger partial charge in [0.2, 0.25) is 0 Å². The molecule has 150 valence electrons. The van der Waals surface area contributed by atoms with Crippen LogP contribution in [0.2, 0.25) is 0 Å². The number of phenols is 1. The normalized spacial score (nSPS) is 10.5. The smallest absolute Gasteiger partial charge is 0.321 e. The van der Waals surface area contributed by atoms with E-state index < -0.39 is 5.97 Å². The molecule has 28 heavy (non-hydrogen) atoms. The minimum Gasteiger partial charge on any atom is -0.507 e. The molecule has 0 aliphatic heterocycles. The molecule has 0 unspecified atom stereocenters. The van der Waals surface area contributed by atoms with Crippen LogP contribution in [0, 0.1) is 0 Å². The number of carboxylic acid groups (broad SMARTS) is 1. The van der Waals surface area contributed by atoms with Crippen LogP contribution in [-0.2, 0) is 11.2 Å². The van der Waals surface area contributed by atoms with E-state index in [0.717, 1.165) is 36.1 Å². The quantitative estimate of drug-likeness (QED) is 0.559. The van der Waals surface area contributed by atoms with Crippen molar-refractivity contribution in [2.75, 3.05) is 18.5 Å². The molecule has 6 nitrogen and oxygen atoms in total. The molecule has 0 spiro atoms.